The molecule has 3 aromatic heterocycles. The monoisotopic (exact) mass is 581 g/mol. The second-order valence-electron chi connectivity index (χ2n) is 10.8. The molecule has 1 aliphatic rings. The number of amides is 4. The third kappa shape index (κ3) is 5.59. The topological polar surface area (TPSA) is 191 Å². The highest BCUT2D eigenvalue weighted by molar-refractivity contribution is 6.39. The van der Waals surface area contributed by atoms with E-state index in [9.17, 15) is 19.2 Å². The number of fused-ring (bicyclic) bond motifs is 2. The Morgan fingerprint density at radius 1 is 1.05 bits per heavy atom. The third-order valence-corrected chi connectivity index (χ3v) is 7.99. The van der Waals surface area contributed by atoms with Gasteiger partial charge in [0.1, 0.15) is 18.1 Å². The van der Waals surface area contributed by atoms with Gasteiger partial charge in [-0.1, -0.05) is 19.3 Å². The maximum absolute atomic E-state index is 13.4. The van der Waals surface area contributed by atoms with Crippen molar-refractivity contribution < 1.29 is 23.6 Å². The van der Waals surface area contributed by atoms with E-state index in [0.717, 1.165) is 48.1 Å². The Balaban J connectivity index is 1.25. The normalized spacial score (nSPS) is 14.5. The number of furan rings is 1. The van der Waals surface area contributed by atoms with Gasteiger partial charge in [-0.2, -0.15) is 0 Å². The number of hydrogen-bond acceptors (Lipinski definition) is 6. The molecule has 1 saturated carbocycles. The fourth-order valence-electron chi connectivity index (χ4n) is 5.85. The third-order valence-electron chi connectivity index (χ3n) is 7.99. The predicted octanol–water partition coefficient (Wildman–Crippen LogP) is 3.53. The number of hydrogen-bond donors (Lipinski definition) is 5. The first-order chi connectivity index (χ1) is 20.8. The number of anilines is 1. The van der Waals surface area contributed by atoms with Crippen molar-refractivity contribution in [2.75, 3.05) is 5.32 Å². The van der Waals surface area contributed by atoms with Crippen LogP contribution < -0.4 is 22.1 Å². The van der Waals surface area contributed by atoms with E-state index < -0.39 is 29.7 Å². The molecule has 220 valence electrons. The Morgan fingerprint density at radius 3 is 2.58 bits per heavy atom. The molecule has 0 spiro atoms. The zero-order chi connectivity index (χ0) is 30.1. The van der Waals surface area contributed by atoms with Crippen LogP contribution in [0.2, 0.25) is 0 Å². The van der Waals surface area contributed by atoms with Gasteiger partial charge in [0.2, 0.25) is 5.91 Å². The molecule has 0 saturated heterocycles. The molecule has 5 aromatic rings. The number of benzene rings is 2. The second kappa shape index (κ2) is 11.5. The van der Waals surface area contributed by atoms with Crippen LogP contribution in [-0.4, -0.2) is 44.2 Å². The maximum Gasteiger partial charge on any atom is 0.313 e. The highest BCUT2D eigenvalue weighted by Crippen LogP contribution is 2.36. The zero-order valence-corrected chi connectivity index (χ0v) is 23.3. The summed E-state index contributed by atoms with van der Waals surface area (Å²) < 4.78 is 7.59. The SMILES string of the molecule is NC(=O)C(=O)Nc1ccc2[nH]cc(CC(NC(=O)c3ccc4c(c3)nc(-c3ccoc3)n4C3CCCCC3)C(N)=O)c2c1. The first kappa shape index (κ1) is 27.8. The van der Waals surface area contributed by atoms with Gasteiger partial charge in [0.15, 0.2) is 0 Å². The number of H-pyrrole nitrogens is 1. The number of aromatic nitrogens is 3. The van der Waals surface area contributed by atoms with E-state index in [2.05, 4.69) is 20.2 Å². The van der Waals surface area contributed by atoms with Gasteiger partial charge >= 0.3 is 11.8 Å². The fraction of sp³-hybridized carbons (Fsp3) is 0.258. The van der Waals surface area contributed by atoms with E-state index in [1.807, 2.05) is 12.1 Å². The summed E-state index contributed by atoms with van der Waals surface area (Å²) in [5.74, 6) is -2.42. The van der Waals surface area contributed by atoms with E-state index in [1.165, 1.54) is 6.42 Å². The standard InChI is InChI=1S/C31H31N7O5/c32-27(39)25(13-19-15-34-23-8-7-20(14-22(19)23)35-31(42)28(33)40)37-30(41)17-6-9-26-24(12-17)36-29(18-10-11-43-16-18)38(26)21-4-2-1-3-5-21/h6-12,14-16,21,25,34H,1-5,13H2,(H2,32,39)(H2,33,40)(H,35,42)(H,37,41). The number of carbonyl (C=O) groups is 4. The maximum atomic E-state index is 13.4. The van der Waals surface area contributed by atoms with Crippen molar-refractivity contribution in [2.45, 2.75) is 50.6 Å². The minimum Gasteiger partial charge on any atom is -0.472 e. The number of nitrogens with two attached hydrogens (primary N) is 2. The van der Waals surface area contributed by atoms with E-state index in [-0.39, 0.29) is 6.42 Å². The highest BCUT2D eigenvalue weighted by atomic mass is 16.3. The van der Waals surface area contributed by atoms with Gasteiger partial charge in [0.25, 0.3) is 5.91 Å². The molecule has 1 aliphatic carbocycles. The average molecular weight is 582 g/mol. The largest absolute Gasteiger partial charge is 0.472 e. The Kier molecular flexibility index (Phi) is 7.41. The Hall–Kier alpha value is -5.39. The van der Waals surface area contributed by atoms with Crippen molar-refractivity contribution in [3.63, 3.8) is 0 Å². The Labute approximate surface area is 245 Å². The van der Waals surface area contributed by atoms with Crippen molar-refractivity contribution in [3.8, 4) is 11.4 Å². The van der Waals surface area contributed by atoms with Crippen LogP contribution in [0.5, 0.6) is 0 Å². The van der Waals surface area contributed by atoms with Crippen LogP contribution in [0.3, 0.4) is 0 Å². The molecule has 1 unspecified atom stereocenters. The summed E-state index contributed by atoms with van der Waals surface area (Å²) in [5, 5.41) is 5.88. The molecular weight excluding hydrogens is 550 g/mol. The Bertz CT molecular complexity index is 1850. The van der Waals surface area contributed by atoms with Crippen LogP contribution in [0.4, 0.5) is 5.69 Å². The van der Waals surface area contributed by atoms with Crippen molar-refractivity contribution in [2.24, 2.45) is 11.5 Å². The van der Waals surface area contributed by atoms with Gasteiger partial charge in [-0.3, -0.25) is 19.2 Å². The summed E-state index contributed by atoms with van der Waals surface area (Å²) in [6, 6.07) is 11.5. The van der Waals surface area contributed by atoms with Crippen molar-refractivity contribution in [1.82, 2.24) is 19.9 Å². The molecule has 12 nitrogen and oxygen atoms in total. The molecule has 2 aromatic carbocycles. The van der Waals surface area contributed by atoms with Crippen LogP contribution in [0.15, 0.2) is 65.6 Å². The molecule has 6 rings (SSSR count). The number of rotatable bonds is 8. The fourth-order valence-corrected chi connectivity index (χ4v) is 5.85. The number of aromatic amines is 1. The molecule has 4 amide bonds. The molecule has 0 radical (unpaired) electrons. The van der Waals surface area contributed by atoms with Crippen LogP contribution in [0.25, 0.3) is 33.3 Å². The molecule has 43 heavy (non-hydrogen) atoms. The van der Waals surface area contributed by atoms with Gasteiger partial charge in [-0.25, -0.2) is 4.98 Å². The first-order valence-electron chi connectivity index (χ1n) is 14.1. The van der Waals surface area contributed by atoms with Crippen molar-refractivity contribution in [1.29, 1.82) is 0 Å². The van der Waals surface area contributed by atoms with Crippen LogP contribution in [0.1, 0.15) is 54.1 Å². The molecule has 1 fully saturated rings. The lowest BCUT2D eigenvalue weighted by Crippen LogP contribution is -2.45. The van der Waals surface area contributed by atoms with Gasteiger partial charge in [-0.15, -0.1) is 0 Å². The average Bonchev–Trinajstić information content (AvgIpc) is 3.75. The molecule has 3 heterocycles. The van der Waals surface area contributed by atoms with Crippen LogP contribution >= 0.6 is 0 Å². The molecule has 1 atom stereocenters. The van der Waals surface area contributed by atoms with E-state index >= 15 is 0 Å². The molecule has 0 aliphatic heterocycles. The van der Waals surface area contributed by atoms with E-state index in [0.29, 0.717) is 33.8 Å². The van der Waals surface area contributed by atoms with Crippen molar-refractivity contribution >= 4 is 51.3 Å². The van der Waals surface area contributed by atoms with E-state index in [1.54, 1.807) is 49.1 Å². The number of primary amides is 2. The first-order valence-corrected chi connectivity index (χ1v) is 14.1. The quantitative estimate of drug-likeness (QED) is 0.174. The number of carbonyl (C=O) groups excluding carboxylic acids is 4. The smallest absolute Gasteiger partial charge is 0.313 e. The van der Waals surface area contributed by atoms with Crippen LogP contribution in [0, 0.1) is 0 Å². The summed E-state index contributed by atoms with van der Waals surface area (Å²) in [6.45, 7) is 0. The minimum atomic E-state index is -1.11. The molecule has 0 bridgehead atoms. The lowest BCUT2D eigenvalue weighted by atomic mass is 9.95. The molecule has 7 N–H and O–H groups in total. The second-order valence-corrected chi connectivity index (χ2v) is 10.8. The highest BCUT2D eigenvalue weighted by Gasteiger charge is 2.25. The van der Waals surface area contributed by atoms with Gasteiger partial charge < -0.3 is 36.1 Å². The lowest BCUT2D eigenvalue weighted by molar-refractivity contribution is -0.134. The van der Waals surface area contributed by atoms with Crippen molar-refractivity contribution in [3.05, 3.63) is 72.3 Å². The molecular formula is C31H31N7O5. The Morgan fingerprint density at radius 2 is 1.86 bits per heavy atom. The summed E-state index contributed by atoms with van der Waals surface area (Å²) in [7, 11) is 0. The van der Waals surface area contributed by atoms with Gasteiger partial charge in [-0.05, 0) is 60.9 Å². The zero-order valence-electron chi connectivity index (χ0n) is 23.3. The summed E-state index contributed by atoms with van der Waals surface area (Å²) in [4.78, 5) is 56.7. The van der Waals surface area contributed by atoms with Crippen LogP contribution in [-0.2, 0) is 20.8 Å². The number of nitrogens with one attached hydrogen (secondary N) is 3. The predicted molar refractivity (Wildman–Crippen MR) is 160 cm³/mol. The summed E-state index contributed by atoms with van der Waals surface area (Å²) in [6.07, 6.45) is 10.7. The molecule has 12 heteroatoms. The number of nitrogens with zero attached hydrogens (tertiary/aromatic N) is 2. The summed E-state index contributed by atoms with van der Waals surface area (Å²) >= 11 is 0. The van der Waals surface area contributed by atoms with Gasteiger partial charge in [0, 0.05) is 40.8 Å². The minimum absolute atomic E-state index is 0.0947. The van der Waals surface area contributed by atoms with Gasteiger partial charge in [0.05, 0.1) is 22.9 Å². The lowest BCUT2D eigenvalue weighted by Gasteiger charge is -2.25. The summed E-state index contributed by atoms with van der Waals surface area (Å²) in [5.41, 5.74) is 15.3. The van der Waals surface area contributed by atoms with E-state index in [4.69, 9.17) is 20.9 Å². The number of imidazole rings is 1.